The van der Waals surface area contributed by atoms with Crippen molar-refractivity contribution < 1.29 is 5.11 Å². The highest BCUT2D eigenvalue weighted by molar-refractivity contribution is 5.46. The van der Waals surface area contributed by atoms with E-state index in [9.17, 15) is 5.11 Å². The number of hydrogen-bond donors (Lipinski definition) is 2. The van der Waals surface area contributed by atoms with Crippen LogP contribution in [0.4, 0.5) is 5.69 Å². The molecule has 0 spiro atoms. The summed E-state index contributed by atoms with van der Waals surface area (Å²) < 4.78 is 0. The van der Waals surface area contributed by atoms with E-state index >= 15 is 0 Å². The van der Waals surface area contributed by atoms with Crippen LogP contribution in [0, 0.1) is 6.92 Å². The molecule has 1 aliphatic rings. The second kappa shape index (κ2) is 7.16. The van der Waals surface area contributed by atoms with Crippen LogP contribution in [0.3, 0.4) is 0 Å². The molecule has 3 rings (SSSR count). The maximum atomic E-state index is 10.4. The van der Waals surface area contributed by atoms with Gasteiger partial charge >= 0.3 is 0 Å². The van der Waals surface area contributed by atoms with Gasteiger partial charge in [0, 0.05) is 24.8 Å². The Labute approximate surface area is 139 Å². The van der Waals surface area contributed by atoms with E-state index in [4.69, 9.17) is 0 Å². The summed E-state index contributed by atoms with van der Waals surface area (Å²) in [7, 11) is 0. The number of aliphatic hydroxyl groups excluding tert-OH is 1. The van der Waals surface area contributed by atoms with Gasteiger partial charge in [-0.3, -0.25) is 4.90 Å². The summed E-state index contributed by atoms with van der Waals surface area (Å²) in [6, 6.07) is 19.4. The number of hydrogen-bond acceptors (Lipinski definition) is 3. The summed E-state index contributed by atoms with van der Waals surface area (Å²) in [5.41, 5.74) is 3.65. The lowest BCUT2D eigenvalue weighted by molar-refractivity contribution is 0.0527. The van der Waals surface area contributed by atoms with Gasteiger partial charge < -0.3 is 10.4 Å². The van der Waals surface area contributed by atoms with Gasteiger partial charge in [-0.15, -0.1) is 0 Å². The fourth-order valence-corrected chi connectivity index (χ4v) is 3.35. The van der Waals surface area contributed by atoms with Crippen molar-refractivity contribution >= 4 is 5.69 Å². The first-order chi connectivity index (χ1) is 11.1. The van der Waals surface area contributed by atoms with Crippen LogP contribution in [-0.4, -0.2) is 35.2 Å². The molecule has 1 fully saturated rings. The molecule has 0 aliphatic carbocycles. The molecule has 2 aromatic rings. The topological polar surface area (TPSA) is 35.5 Å². The third-order valence-electron chi connectivity index (χ3n) is 4.81. The number of likely N-dealkylation sites (tertiary alicyclic amines) is 1. The van der Waals surface area contributed by atoms with Crippen LogP contribution in [-0.2, 0) is 0 Å². The molecule has 0 bridgehead atoms. The minimum absolute atomic E-state index is 0.0664. The van der Waals surface area contributed by atoms with Crippen LogP contribution in [0.5, 0.6) is 0 Å². The van der Waals surface area contributed by atoms with E-state index in [0.717, 1.165) is 25.2 Å². The van der Waals surface area contributed by atoms with Crippen LogP contribution >= 0.6 is 0 Å². The molecule has 2 aromatic carbocycles. The quantitative estimate of drug-likeness (QED) is 0.905. The average Bonchev–Trinajstić information content (AvgIpc) is 2.57. The fourth-order valence-electron chi connectivity index (χ4n) is 3.35. The molecule has 2 N–H and O–H groups in total. The van der Waals surface area contributed by atoms with Crippen LogP contribution in [0.15, 0.2) is 54.6 Å². The molecular weight excluding hydrogens is 284 g/mol. The largest absolute Gasteiger partial charge is 0.391 e. The molecule has 1 aliphatic heterocycles. The molecule has 3 atom stereocenters. The minimum Gasteiger partial charge on any atom is -0.391 e. The molecule has 0 radical (unpaired) electrons. The summed E-state index contributed by atoms with van der Waals surface area (Å²) in [6.07, 6.45) is 0.510. The Kier molecular flexibility index (Phi) is 4.99. The summed E-state index contributed by atoms with van der Waals surface area (Å²) in [4.78, 5) is 2.45. The first-order valence-corrected chi connectivity index (χ1v) is 8.44. The van der Waals surface area contributed by atoms with Crippen molar-refractivity contribution in [1.29, 1.82) is 0 Å². The normalized spacial score (nSPS) is 23.4. The van der Waals surface area contributed by atoms with Crippen LogP contribution < -0.4 is 5.32 Å². The van der Waals surface area contributed by atoms with Crippen molar-refractivity contribution in [1.82, 2.24) is 4.90 Å². The minimum atomic E-state index is -0.297. The summed E-state index contributed by atoms with van der Waals surface area (Å²) in [6.45, 7) is 6.12. The van der Waals surface area contributed by atoms with Crippen molar-refractivity contribution in [3.8, 4) is 0 Å². The Morgan fingerprint density at radius 2 is 1.91 bits per heavy atom. The molecule has 0 aromatic heterocycles. The van der Waals surface area contributed by atoms with Gasteiger partial charge in [-0.25, -0.2) is 0 Å². The monoisotopic (exact) mass is 310 g/mol. The van der Waals surface area contributed by atoms with Crippen molar-refractivity contribution in [3.63, 3.8) is 0 Å². The molecule has 1 heterocycles. The SMILES string of the molecule is Cc1cccc(N[C@@H]2CN(C(C)c3ccccc3)CC[C@H]2O)c1. The van der Waals surface area contributed by atoms with E-state index in [1.807, 2.05) is 0 Å². The highest BCUT2D eigenvalue weighted by atomic mass is 16.3. The van der Waals surface area contributed by atoms with Gasteiger partial charge in [-0.2, -0.15) is 0 Å². The van der Waals surface area contributed by atoms with E-state index in [0.29, 0.717) is 6.04 Å². The molecule has 3 heteroatoms. The van der Waals surface area contributed by atoms with Crippen LogP contribution in [0.2, 0.25) is 0 Å². The Balaban J connectivity index is 1.69. The fraction of sp³-hybridized carbons (Fsp3) is 0.400. The number of rotatable bonds is 4. The second-order valence-electron chi connectivity index (χ2n) is 6.56. The van der Waals surface area contributed by atoms with Gasteiger partial charge in [0.2, 0.25) is 0 Å². The van der Waals surface area contributed by atoms with E-state index in [1.54, 1.807) is 0 Å². The van der Waals surface area contributed by atoms with Crippen molar-refractivity contribution in [2.24, 2.45) is 0 Å². The molecule has 1 unspecified atom stereocenters. The van der Waals surface area contributed by atoms with E-state index in [1.165, 1.54) is 11.1 Å². The van der Waals surface area contributed by atoms with E-state index < -0.39 is 0 Å². The van der Waals surface area contributed by atoms with Gasteiger partial charge in [0.1, 0.15) is 0 Å². The number of aliphatic hydroxyl groups is 1. The van der Waals surface area contributed by atoms with E-state index in [-0.39, 0.29) is 12.1 Å². The molecular formula is C20H26N2O. The summed E-state index contributed by atoms with van der Waals surface area (Å²) in [5.74, 6) is 0. The Morgan fingerprint density at radius 1 is 1.13 bits per heavy atom. The van der Waals surface area contributed by atoms with Gasteiger partial charge in [0.25, 0.3) is 0 Å². The first kappa shape index (κ1) is 16.0. The maximum Gasteiger partial charge on any atom is 0.0765 e. The number of nitrogens with zero attached hydrogens (tertiary/aromatic N) is 1. The molecule has 122 valence electrons. The summed E-state index contributed by atoms with van der Waals surface area (Å²) >= 11 is 0. The zero-order valence-corrected chi connectivity index (χ0v) is 13.9. The van der Waals surface area contributed by atoms with Crippen molar-refractivity contribution in [2.45, 2.75) is 38.5 Å². The Morgan fingerprint density at radius 3 is 2.65 bits per heavy atom. The zero-order chi connectivity index (χ0) is 16.2. The number of anilines is 1. The predicted octanol–water partition coefficient (Wildman–Crippen LogP) is 3.60. The molecule has 0 saturated carbocycles. The first-order valence-electron chi connectivity index (χ1n) is 8.44. The predicted molar refractivity (Wildman–Crippen MR) is 95.6 cm³/mol. The maximum absolute atomic E-state index is 10.4. The molecule has 0 amide bonds. The molecule has 23 heavy (non-hydrogen) atoms. The standard InChI is InChI=1S/C20H26N2O/c1-15-7-6-10-18(13-15)21-19-14-22(12-11-20(19)23)16(2)17-8-4-3-5-9-17/h3-10,13,16,19-21,23H,11-12,14H2,1-2H3/t16?,19-,20-/m1/s1. The van der Waals surface area contributed by atoms with Crippen molar-refractivity contribution in [3.05, 3.63) is 65.7 Å². The lowest BCUT2D eigenvalue weighted by atomic mass is 9.98. The number of nitrogens with one attached hydrogen (secondary N) is 1. The lowest BCUT2D eigenvalue weighted by Gasteiger charge is -2.40. The van der Waals surface area contributed by atoms with E-state index in [2.05, 4.69) is 78.7 Å². The summed E-state index contributed by atoms with van der Waals surface area (Å²) in [5, 5.41) is 13.9. The van der Waals surface area contributed by atoms with Gasteiger partial charge in [0.05, 0.1) is 12.1 Å². The Hall–Kier alpha value is -1.84. The average molecular weight is 310 g/mol. The molecule has 1 saturated heterocycles. The lowest BCUT2D eigenvalue weighted by Crippen LogP contribution is -2.50. The third-order valence-corrected chi connectivity index (χ3v) is 4.81. The number of piperidine rings is 1. The van der Waals surface area contributed by atoms with Crippen LogP contribution in [0.1, 0.15) is 30.5 Å². The van der Waals surface area contributed by atoms with Crippen LogP contribution in [0.25, 0.3) is 0 Å². The number of benzene rings is 2. The highest BCUT2D eigenvalue weighted by Crippen LogP contribution is 2.25. The second-order valence-corrected chi connectivity index (χ2v) is 6.56. The van der Waals surface area contributed by atoms with Gasteiger partial charge in [0.15, 0.2) is 0 Å². The van der Waals surface area contributed by atoms with Gasteiger partial charge in [-0.1, -0.05) is 42.5 Å². The highest BCUT2D eigenvalue weighted by Gasteiger charge is 2.30. The third kappa shape index (κ3) is 3.92. The molecule has 3 nitrogen and oxygen atoms in total. The Bertz CT molecular complexity index is 629. The van der Waals surface area contributed by atoms with Gasteiger partial charge in [-0.05, 0) is 43.5 Å². The smallest absolute Gasteiger partial charge is 0.0765 e. The zero-order valence-electron chi connectivity index (χ0n) is 13.9. The number of aryl methyl sites for hydroxylation is 1. The van der Waals surface area contributed by atoms with Crippen molar-refractivity contribution in [2.75, 3.05) is 18.4 Å².